The van der Waals surface area contributed by atoms with Gasteiger partial charge in [-0.05, 0) is 50.9 Å². The van der Waals surface area contributed by atoms with E-state index in [-0.39, 0.29) is 11.5 Å². The van der Waals surface area contributed by atoms with Crippen molar-refractivity contribution >= 4 is 27.5 Å². The minimum Gasteiger partial charge on any atom is -0.338 e. The highest BCUT2D eigenvalue weighted by molar-refractivity contribution is 7.17. The second kappa shape index (κ2) is 8.28. The van der Waals surface area contributed by atoms with Crippen LogP contribution in [-0.4, -0.2) is 62.9 Å². The number of fused-ring (bicyclic) bond motifs is 1. The van der Waals surface area contributed by atoms with E-state index in [0.29, 0.717) is 33.3 Å². The number of carbonyl (C=O) groups is 1. The molecule has 0 saturated carbocycles. The number of aromatic nitrogens is 3. The van der Waals surface area contributed by atoms with Gasteiger partial charge in [0.05, 0.1) is 5.56 Å². The first-order valence-corrected chi connectivity index (χ1v) is 11.5. The number of rotatable bonds is 3. The quantitative estimate of drug-likeness (QED) is 0.700. The monoisotopic (exact) mass is 423 g/mol. The number of nitrogens with zero attached hydrogens (tertiary/aromatic N) is 4. The highest BCUT2D eigenvalue weighted by Crippen LogP contribution is 2.27. The fraction of sp³-hybridized carbons (Fsp3) is 0.455. The van der Waals surface area contributed by atoms with Crippen LogP contribution in [0.4, 0.5) is 0 Å². The summed E-state index contributed by atoms with van der Waals surface area (Å²) < 4.78 is 0.487. The number of aromatic amines is 1. The lowest BCUT2D eigenvalue weighted by molar-refractivity contribution is 0.0592. The third-order valence-corrected chi connectivity index (χ3v) is 7.19. The van der Waals surface area contributed by atoms with Gasteiger partial charge in [-0.1, -0.05) is 12.5 Å². The summed E-state index contributed by atoms with van der Waals surface area (Å²) in [6.45, 7) is 3.90. The van der Waals surface area contributed by atoms with Gasteiger partial charge in [0, 0.05) is 30.7 Å². The van der Waals surface area contributed by atoms with Crippen LogP contribution in [-0.2, 0) is 0 Å². The molecule has 2 fully saturated rings. The number of amides is 1. The molecule has 0 aliphatic carbocycles. The van der Waals surface area contributed by atoms with E-state index in [1.54, 1.807) is 17.6 Å². The summed E-state index contributed by atoms with van der Waals surface area (Å²) in [6.07, 6.45) is 7.61. The minimum absolute atomic E-state index is 0.0246. The Hall–Kier alpha value is -2.58. The maximum absolute atomic E-state index is 13.3. The molecule has 0 radical (unpaired) electrons. The van der Waals surface area contributed by atoms with Gasteiger partial charge in [-0.25, -0.2) is 4.98 Å². The first-order valence-electron chi connectivity index (χ1n) is 10.7. The molecule has 3 aromatic heterocycles. The van der Waals surface area contributed by atoms with Gasteiger partial charge >= 0.3 is 0 Å². The van der Waals surface area contributed by atoms with Crippen molar-refractivity contribution in [1.82, 2.24) is 24.8 Å². The van der Waals surface area contributed by atoms with Crippen LogP contribution in [0.25, 0.3) is 21.7 Å². The van der Waals surface area contributed by atoms with E-state index in [2.05, 4.69) is 19.9 Å². The Bertz CT molecular complexity index is 1100. The van der Waals surface area contributed by atoms with Gasteiger partial charge in [0.2, 0.25) is 0 Å². The van der Waals surface area contributed by atoms with Crippen LogP contribution in [0.2, 0.25) is 0 Å². The number of likely N-dealkylation sites (tertiary alicyclic amines) is 2. The van der Waals surface area contributed by atoms with E-state index >= 15 is 0 Å². The van der Waals surface area contributed by atoms with Crippen molar-refractivity contribution in [3.05, 3.63) is 45.7 Å². The lowest BCUT2D eigenvalue weighted by Gasteiger charge is -2.40. The topological polar surface area (TPSA) is 82.2 Å². The average molecular weight is 424 g/mol. The van der Waals surface area contributed by atoms with Crippen molar-refractivity contribution in [2.24, 2.45) is 0 Å². The lowest BCUT2D eigenvalue weighted by Crippen LogP contribution is -2.48. The molecule has 5 rings (SSSR count). The summed E-state index contributed by atoms with van der Waals surface area (Å²) in [7, 11) is 0. The fourth-order valence-corrected chi connectivity index (χ4v) is 5.47. The molecule has 156 valence electrons. The summed E-state index contributed by atoms with van der Waals surface area (Å²) in [5.74, 6) is 0.368. The van der Waals surface area contributed by atoms with Crippen LogP contribution < -0.4 is 5.56 Å². The van der Waals surface area contributed by atoms with Crippen LogP contribution >= 0.6 is 11.3 Å². The molecular formula is C22H25N5O2S. The number of piperidine rings is 2. The third kappa shape index (κ3) is 3.65. The first-order chi connectivity index (χ1) is 14.7. The molecule has 3 aromatic rings. The van der Waals surface area contributed by atoms with Gasteiger partial charge < -0.3 is 14.8 Å². The molecule has 0 aromatic carbocycles. The zero-order chi connectivity index (χ0) is 20.5. The van der Waals surface area contributed by atoms with Crippen molar-refractivity contribution in [3.63, 3.8) is 0 Å². The molecule has 1 amide bonds. The third-order valence-electron chi connectivity index (χ3n) is 6.22. The van der Waals surface area contributed by atoms with Crippen LogP contribution in [0.3, 0.4) is 0 Å². The Labute approximate surface area is 178 Å². The molecule has 30 heavy (non-hydrogen) atoms. The molecule has 0 unspecified atom stereocenters. The van der Waals surface area contributed by atoms with Crippen molar-refractivity contribution in [2.45, 2.75) is 38.1 Å². The summed E-state index contributed by atoms with van der Waals surface area (Å²) >= 11 is 1.28. The molecule has 8 heteroatoms. The SMILES string of the molecule is O=C(c1csc2c(=O)[nH]c(-c3ccccn3)nc12)N1CCC(N2CCCCC2)CC1. The van der Waals surface area contributed by atoms with Gasteiger partial charge in [0.25, 0.3) is 11.5 Å². The van der Waals surface area contributed by atoms with E-state index in [1.165, 1.54) is 43.7 Å². The molecular weight excluding hydrogens is 398 g/mol. The summed E-state index contributed by atoms with van der Waals surface area (Å²) in [5.41, 5.74) is 1.36. The molecule has 1 N–H and O–H groups in total. The Morgan fingerprint density at radius 3 is 2.63 bits per heavy atom. The van der Waals surface area contributed by atoms with E-state index < -0.39 is 0 Å². The second-order valence-corrected chi connectivity index (χ2v) is 8.96. The number of hydrogen-bond donors (Lipinski definition) is 1. The average Bonchev–Trinajstić information content (AvgIpc) is 3.24. The number of thiophene rings is 1. The lowest BCUT2D eigenvalue weighted by atomic mass is 9.99. The molecule has 2 aliphatic rings. The van der Waals surface area contributed by atoms with Crippen LogP contribution in [0.1, 0.15) is 42.5 Å². The van der Waals surface area contributed by atoms with Crippen molar-refractivity contribution < 1.29 is 4.79 Å². The maximum Gasteiger partial charge on any atom is 0.269 e. The summed E-state index contributed by atoms with van der Waals surface area (Å²) in [6, 6.07) is 6.04. The Morgan fingerprint density at radius 2 is 1.90 bits per heavy atom. The van der Waals surface area contributed by atoms with E-state index in [1.807, 2.05) is 17.0 Å². The zero-order valence-corrected chi connectivity index (χ0v) is 17.7. The van der Waals surface area contributed by atoms with Gasteiger partial charge in [-0.2, -0.15) is 0 Å². The van der Waals surface area contributed by atoms with Crippen LogP contribution in [0.15, 0.2) is 34.6 Å². The normalized spacial score (nSPS) is 18.7. The number of pyridine rings is 1. The molecule has 0 atom stereocenters. The minimum atomic E-state index is -0.228. The van der Waals surface area contributed by atoms with E-state index in [0.717, 1.165) is 25.9 Å². The molecule has 2 aliphatic heterocycles. The van der Waals surface area contributed by atoms with Crippen molar-refractivity contribution in [2.75, 3.05) is 26.2 Å². The number of nitrogens with one attached hydrogen (secondary N) is 1. The molecule has 5 heterocycles. The van der Waals surface area contributed by atoms with E-state index in [9.17, 15) is 9.59 Å². The number of carbonyl (C=O) groups excluding carboxylic acids is 1. The first kappa shape index (κ1) is 19.4. The van der Waals surface area contributed by atoms with Crippen LogP contribution in [0.5, 0.6) is 0 Å². The smallest absolute Gasteiger partial charge is 0.269 e. The predicted octanol–water partition coefficient (Wildman–Crippen LogP) is 3.14. The molecule has 0 bridgehead atoms. The van der Waals surface area contributed by atoms with Crippen molar-refractivity contribution in [1.29, 1.82) is 0 Å². The largest absolute Gasteiger partial charge is 0.338 e. The van der Waals surface area contributed by atoms with Crippen molar-refractivity contribution in [3.8, 4) is 11.5 Å². The standard InChI is InChI=1S/C22H25N5O2S/c28-21-19-18(24-20(25-21)17-6-2-3-9-23-17)16(14-30-19)22(29)27-12-7-15(8-13-27)26-10-4-1-5-11-26/h2-3,6,9,14-15H,1,4-5,7-8,10-13H2,(H,24,25,28). The molecule has 7 nitrogen and oxygen atoms in total. The number of H-pyrrole nitrogens is 1. The second-order valence-electron chi connectivity index (χ2n) is 8.08. The Morgan fingerprint density at radius 1 is 1.10 bits per heavy atom. The number of hydrogen-bond acceptors (Lipinski definition) is 6. The highest BCUT2D eigenvalue weighted by atomic mass is 32.1. The highest BCUT2D eigenvalue weighted by Gasteiger charge is 2.29. The summed E-state index contributed by atoms with van der Waals surface area (Å²) in [4.78, 5) is 42.0. The zero-order valence-electron chi connectivity index (χ0n) is 16.8. The Kier molecular flexibility index (Phi) is 5.35. The van der Waals surface area contributed by atoms with Crippen LogP contribution in [0, 0.1) is 0 Å². The van der Waals surface area contributed by atoms with Gasteiger partial charge in [-0.15, -0.1) is 11.3 Å². The van der Waals surface area contributed by atoms with Gasteiger partial charge in [0.15, 0.2) is 5.82 Å². The van der Waals surface area contributed by atoms with E-state index in [4.69, 9.17) is 0 Å². The fourth-order valence-electron chi connectivity index (χ4n) is 4.59. The van der Waals surface area contributed by atoms with Gasteiger partial charge in [0.1, 0.15) is 15.9 Å². The molecule has 0 spiro atoms. The van der Waals surface area contributed by atoms with Gasteiger partial charge in [-0.3, -0.25) is 14.6 Å². The maximum atomic E-state index is 13.3. The molecule has 2 saturated heterocycles. The predicted molar refractivity (Wildman–Crippen MR) is 118 cm³/mol. The Balaban J connectivity index is 1.37. The summed E-state index contributed by atoms with van der Waals surface area (Å²) in [5, 5.41) is 1.77.